The number of hydrogen-bond donors (Lipinski definition) is 1. The number of ketones is 2. The Balaban J connectivity index is 1.43. The molecule has 0 spiro atoms. The molecule has 1 aromatic heterocycles. The van der Waals surface area contributed by atoms with Crippen LogP contribution >= 0.6 is 11.6 Å². The van der Waals surface area contributed by atoms with Crippen molar-refractivity contribution in [3.05, 3.63) is 86.9 Å². The highest BCUT2D eigenvalue weighted by Gasteiger charge is 2.57. The second-order valence-electron chi connectivity index (χ2n) is 11.0. The van der Waals surface area contributed by atoms with E-state index in [4.69, 9.17) is 11.6 Å². The van der Waals surface area contributed by atoms with Crippen LogP contribution in [0, 0.1) is 23.6 Å². The molecule has 13 heteroatoms. The molecule has 4 aliphatic rings. The maximum atomic E-state index is 14.6. The molecule has 4 unspecified atom stereocenters. The number of carbonyl (C=O) groups excluding carboxylic acids is 4. The standard InChI is InChI=1S/C30H22ClF4N3O5/c1-12-9-21(40)17-11-16-14(23(25(17)26(12)41)13-3-7-20(39)19(32)10-13)4-5-15-24(16)29(43)38(28(15)42)37(2)27-18(31)6-8-22(36-27)30(33,34)35/h3-4,6-10,15-16,23-24,39H,5,11H2,1-2H3. The van der Waals surface area contributed by atoms with E-state index in [-0.39, 0.29) is 40.1 Å². The highest BCUT2D eigenvalue weighted by Crippen LogP contribution is 2.55. The Kier molecular flexibility index (Phi) is 6.60. The number of benzene rings is 1. The van der Waals surface area contributed by atoms with Gasteiger partial charge in [0.15, 0.2) is 29.0 Å². The van der Waals surface area contributed by atoms with Crippen LogP contribution in [-0.4, -0.2) is 45.5 Å². The second-order valence-corrected chi connectivity index (χ2v) is 11.4. The van der Waals surface area contributed by atoms with Crippen molar-refractivity contribution in [2.24, 2.45) is 17.8 Å². The normalized spacial score (nSPS) is 25.3. The van der Waals surface area contributed by atoms with Crippen molar-refractivity contribution in [1.82, 2.24) is 9.99 Å². The summed E-state index contributed by atoms with van der Waals surface area (Å²) in [5.74, 6) is -7.91. The molecule has 222 valence electrons. The maximum absolute atomic E-state index is 14.6. The minimum Gasteiger partial charge on any atom is -0.505 e. The summed E-state index contributed by atoms with van der Waals surface area (Å²) in [6, 6.07) is 5.28. The first-order valence-electron chi connectivity index (χ1n) is 13.2. The van der Waals surface area contributed by atoms with Crippen molar-refractivity contribution in [3.63, 3.8) is 0 Å². The monoisotopic (exact) mass is 615 g/mol. The topological polar surface area (TPSA) is 108 Å². The lowest BCUT2D eigenvalue weighted by Crippen LogP contribution is -2.46. The van der Waals surface area contributed by atoms with E-state index in [0.717, 1.165) is 28.2 Å². The van der Waals surface area contributed by atoms with Crippen LogP contribution in [0.25, 0.3) is 0 Å². The van der Waals surface area contributed by atoms with Crippen LogP contribution in [0.1, 0.15) is 36.9 Å². The van der Waals surface area contributed by atoms with E-state index in [9.17, 15) is 41.8 Å². The average Bonchev–Trinajstić information content (AvgIpc) is 3.21. The minimum absolute atomic E-state index is 0.0474. The number of amides is 2. The van der Waals surface area contributed by atoms with Gasteiger partial charge in [0.05, 0.1) is 16.9 Å². The largest absolute Gasteiger partial charge is 0.505 e. The fourth-order valence-corrected chi connectivity index (χ4v) is 6.86. The number of phenolic OH excluding ortho intramolecular Hbond substituents is 1. The highest BCUT2D eigenvalue weighted by molar-refractivity contribution is 6.33. The molecule has 0 radical (unpaired) electrons. The Labute approximate surface area is 246 Å². The number of aromatic hydroxyl groups is 1. The molecule has 0 saturated carbocycles. The number of Topliss-reactive ketones (excluding diaryl/α,β-unsaturated/α-hetero) is 1. The molecule has 0 bridgehead atoms. The summed E-state index contributed by atoms with van der Waals surface area (Å²) in [6.45, 7) is 1.50. The minimum atomic E-state index is -4.81. The SMILES string of the molecule is CC1=CC(=O)C2=C(C1=O)C(c1ccc(O)c(F)c1)C1=CCC3C(=O)N(N(C)c4nc(C(F)(F)F)ccc4Cl)C(=O)C3C1C2. The van der Waals surface area contributed by atoms with Crippen LogP contribution < -0.4 is 5.01 Å². The van der Waals surface area contributed by atoms with Crippen molar-refractivity contribution in [2.75, 3.05) is 12.1 Å². The Hall–Kier alpha value is -4.32. The highest BCUT2D eigenvalue weighted by atomic mass is 35.5. The lowest BCUT2D eigenvalue weighted by molar-refractivity contribution is -0.141. The number of hydrazine groups is 1. The Morgan fingerprint density at radius 3 is 2.47 bits per heavy atom. The number of anilines is 1. The quantitative estimate of drug-likeness (QED) is 0.222. The summed E-state index contributed by atoms with van der Waals surface area (Å²) in [7, 11) is 1.20. The summed E-state index contributed by atoms with van der Waals surface area (Å²) in [5.41, 5.74) is 0.0544. The molecule has 2 aromatic rings. The van der Waals surface area contributed by atoms with Gasteiger partial charge < -0.3 is 5.11 Å². The number of phenols is 1. The Morgan fingerprint density at radius 2 is 1.79 bits per heavy atom. The van der Waals surface area contributed by atoms with E-state index < -0.39 is 76.3 Å². The van der Waals surface area contributed by atoms with Gasteiger partial charge in [-0.3, -0.25) is 24.2 Å². The van der Waals surface area contributed by atoms with E-state index in [1.807, 2.05) is 0 Å². The summed E-state index contributed by atoms with van der Waals surface area (Å²) in [6.07, 6.45) is -1.90. The number of imide groups is 1. The third-order valence-corrected chi connectivity index (χ3v) is 8.87. The van der Waals surface area contributed by atoms with Crippen LogP contribution in [-0.2, 0) is 25.4 Å². The van der Waals surface area contributed by atoms with E-state index in [0.29, 0.717) is 11.6 Å². The third kappa shape index (κ3) is 4.38. The van der Waals surface area contributed by atoms with Gasteiger partial charge in [-0.05, 0) is 61.6 Å². The maximum Gasteiger partial charge on any atom is 0.433 e. The smallest absolute Gasteiger partial charge is 0.433 e. The lowest BCUT2D eigenvalue weighted by atomic mass is 9.59. The first-order chi connectivity index (χ1) is 20.2. The molecule has 43 heavy (non-hydrogen) atoms. The van der Waals surface area contributed by atoms with Gasteiger partial charge in [0.1, 0.15) is 5.69 Å². The summed E-state index contributed by atoms with van der Waals surface area (Å²) < 4.78 is 54.7. The number of pyridine rings is 1. The third-order valence-electron chi connectivity index (χ3n) is 8.57. The van der Waals surface area contributed by atoms with Crippen LogP contribution in [0.5, 0.6) is 5.75 Å². The zero-order valence-corrected chi connectivity index (χ0v) is 23.3. The first-order valence-corrected chi connectivity index (χ1v) is 13.6. The molecule has 2 amide bonds. The zero-order valence-electron chi connectivity index (χ0n) is 22.6. The van der Waals surface area contributed by atoms with Crippen LogP contribution in [0.4, 0.5) is 23.4 Å². The van der Waals surface area contributed by atoms with Crippen molar-refractivity contribution in [3.8, 4) is 5.75 Å². The fourth-order valence-electron chi connectivity index (χ4n) is 6.63. The molecule has 1 saturated heterocycles. The molecule has 1 aliphatic heterocycles. The van der Waals surface area contributed by atoms with Crippen LogP contribution in [0.3, 0.4) is 0 Å². The van der Waals surface area contributed by atoms with Gasteiger partial charge in [-0.2, -0.15) is 18.2 Å². The summed E-state index contributed by atoms with van der Waals surface area (Å²) >= 11 is 6.15. The van der Waals surface area contributed by atoms with E-state index >= 15 is 0 Å². The Bertz CT molecular complexity index is 1750. The van der Waals surface area contributed by atoms with Gasteiger partial charge in [-0.15, -0.1) is 0 Å². The van der Waals surface area contributed by atoms with E-state index in [1.165, 1.54) is 26.1 Å². The number of hydrogen-bond acceptors (Lipinski definition) is 7. The number of nitrogens with zero attached hydrogens (tertiary/aromatic N) is 3. The Morgan fingerprint density at radius 1 is 1.07 bits per heavy atom. The number of carbonyl (C=O) groups is 4. The number of allylic oxidation sites excluding steroid dienone is 6. The predicted octanol–water partition coefficient (Wildman–Crippen LogP) is 5.08. The van der Waals surface area contributed by atoms with Gasteiger partial charge in [0.2, 0.25) is 0 Å². The first kappa shape index (κ1) is 28.8. The molecule has 1 fully saturated rings. The molecule has 3 aliphatic carbocycles. The number of aromatic nitrogens is 1. The van der Waals surface area contributed by atoms with Gasteiger partial charge in [0, 0.05) is 29.7 Å². The molecule has 6 rings (SSSR count). The predicted molar refractivity (Wildman–Crippen MR) is 144 cm³/mol. The number of fused-ring (bicyclic) bond motifs is 3. The van der Waals surface area contributed by atoms with Crippen LogP contribution in [0.15, 0.2) is 64.8 Å². The molecular weight excluding hydrogens is 594 g/mol. The molecular formula is C30H22ClF4N3O5. The molecule has 2 heterocycles. The van der Waals surface area contributed by atoms with E-state index in [2.05, 4.69) is 4.98 Å². The summed E-state index contributed by atoms with van der Waals surface area (Å²) in [5, 5.41) is 11.2. The second kappa shape index (κ2) is 9.87. The van der Waals surface area contributed by atoms with Gasteiger partial charge in [-0.1, -0.05) is 29.3 Å². The number of alkyl halides is 3. The summed E-state index contributed by atoms with van der Waals surface area (Å²) in [4.78, 5) is 57.8. The number of halogens is 5. The average molecular weight is 616 g/mol. The molecule has 1 aromatic carbocycles. The van der Waals surface area contributed by atoms with E-state index in [1.54, 1.807) is 6.08 Å². The van der Waals surface area contributed by atoms with Gasteiger partial charge in [0.25, 0.3) is 11.8 Å². The molecule has 1 N–H and O–H groups in total. The van der Waals surface area contributed by atoms with Gasteiger partial charge in [-0.25, -0.2) is 9.37 Å². The van der Waals surface area contributed by atoms with Crippen molar-refractivity contribution < 1.29 is 41.8 Å². The fraction of sp³-hybridized carbons (Fsp3) is 0.300. The molecule has 4 atom stereocenters. The van der Waals surface area contributed by atoms with Crippen LogP contribution in [0.2, 0.25) is 5.02 Å². The molecule has 8 nitrogen and oxygen atoms in total. The van der Waals surface area contributed by atoms with Gasteiger partial charge >= 0.3 is 6.18 Å². The van der Waals surface area contributed by atoms with Crippen molar-refractivity contribution >= 4 is 40.8 Å². The van der Waals surface area contributed by atoms with Crippen molar-refractivity contribution in [1.29, 1.82) is 0 Å². The number of rotatable bonds is 3. The van der Waals surface area contributed by atoms with Crippen molar-refractivity contribution in [2.45, 2.75) is 31.9 Å². The lowest BCUT2D eigenvalue weighted by Gasteiger charge is -2.42. The zero-order chi connectivity index (χ0) is 31.1.